The molecule has 17 heavy (non-hydrogen) atoms. The second kappa shape index (κ2) is 5.31. The molecule has 0 spiro atoms. The van der Waals surface area contributed by atoms with Crippen LogP contribution in [0, 0.1) is 0 Å². The van der Waals surface area contributed by atoms with E-state index in [4.69, 9.17) is 0 Å². The van der Waals surface area contributed by atoms with Crippen LogP contribution in [0.2, 0.25) is 0 Å². The van der Waals surface area contributed by atoms with Gasteiger partial charge in [-0.2, -0.15) is 0 Å². The number of amides is 2. The molecule has 1 atom stereocenters. The third-order valence-electron chi connectivity index (χ3n) is 2.69. The Bertz CT molecular complexity index is 431. The minimum atomic E-state index is -0.363. The van der Waals surface area contributed by atoms with E-state index in [9.17, 15) is 9.59 Å². The van der Waals surface area contributed by atoms with E-state index in [1.807, 2.05) is 24.3 Å². The number of nitrogens with one attached hydrogen (secondary N) is 2. The Morgan fingerprint density at radius 2 is 2.12 bits per heavy atom. The molecular weight excluding hydrogens is 284 g/mol. The summed E-state index contributed by atoms with van der Waals surface area (Å²) in [5.74, 6) is -0.160. The summed E-state index contributed by atoms with van der Waals surface area (Å²) >= 11 is 3.35. The molecule has 2 rings (SSSR count). The molecule has 0 bridgehead atoms. The highest BCUT2D eigenvalue weighted by Crippen LogP contribution is 2.11. The fraction of sp³-hybridized carbons (Fsp3) is 0.333. The summed E-state index contributed by atoms with van der Waals surface area (Å²) in [6.07, 6.45) is 1.03. The van der Waals surface area contributed by atoms with E-state index in [2.05, 4.69) is 26.6 Å². The van der Waals surface area contributed by atoms with Crippen molar-refractivity contribution in [3.63, 3.8) is 0 Å². The van der Waals surface area contributed by atoms with Gasteiger partial charge in [0, 0.05) is 17.4 Å². The first-order chi connectivity index (χ1) is 8.15. The third-order valence-corrected chi connectivity index (χ3v) is 3.22. The average Bonchev–Trinajstić information content (AvgIpc) is 2.75. The standard InChI is InChI=1S/C12H13BrN2O2/c13-9-3-1-8(2-4-9)7-14-12(17)10-5-6-11(16)15-10/h1-4,10H,5-7H2,(H,14,17)(H,15,16). The lowest BCUT2D eigenvalue weighted by atomic mass is 10.2. The highest BCUT2D eigenvalue weighted by molar-refractivity contribution is 9.10. The molecule has 1 unspecified atom stereocenters. The van der Waals surface area contributed by atoms with Crippen molar-refractivity contribution in [2.24, 2.45) is 0 Å². The molecule has 5 heteroatoms. The van der Waals surface area contributed by atoms with Crippen molar-refractivity contribution in [3.05, 3.63) is 34.3 Å². The van der Waals surface area contributed by atoms with Gasteiger partial charge in [-0.15, -0.1) is 0 Å². The fourth-order valence-electron chi connectivity index (χ4n) is 1.73. The number of carbonyl (C=O) groups excluding carboxylic acids is 2. The first-order valence-electron chi connectivity index (χ1n) is 5.46. The quantitative estimate of drug-likeness (QED) is 0.884. The number of hydrogen-bond acceptors (Lipinski definition) is 2. The van der Waals surface area contributed by atoms with E-state index in [0.29, 0.717) is 19.4 Å². The molecule has 4 nitrogen and oxygen atoms in total. The highest BCUT2D eigenvalue weighted by Gasteiger charge is 2.26. The van der Waals surface area contributed by atoms with Crippen LogP contribution in [0.4, 0.5) is 0 Å². The van der Waals surface area contributed by atoms with E-state index in [-0.39, 0.29) is 17.9 Å². The summed E-state index contributed by atoms with van der Waals surface area (Å²) in [5, 5.41) is 5.45. The smallest absolute Gasteiger partial charge is 0.242 e. The van der Waals surface area contributed by atoms with Crippen LogP contribution in [-0.2, 0) is 16.1 Å². The van der Waals surface area contributed by atoms with E-state index in [0.717, 1.165) is 10.0 Å². The lowest BCUT2D eigenvalue weighted by Crippen LogP contribution is -2.41. The van der Waals surface area contributed by atoms with Crippen LogP contribution in [0.25, 0.3) is 0 Å². The van der Waals surface area contributed by atoms with Gasteiger partial charge in [-0.05, 0) is 24.1 Å². The Morgan fingerprint density at radius 1 is 1.41 bits per heavy atom. The van der Waals surface area contributed by atoms with Gasteiger partial charge in [0.2, 0.25) is 11.8 Å². The highest BCUT2D eigenvalue weighted by atomic mass is 79.9. The molecular formula is C12H13BrN2O2. The first kappa shape index (κ1) is 12.1. The van der Waals surface area contributed by atoms with Crippen LogP contribution < -0.4 is 10.6 Å². The lowest BCUT2D eigenvalue weighted by molar-refractivity contribution is -0.125. The molecule has 1 aromatic rings. The minimum absolute atomic E-state index is 0.0474. The van der Waals surface area contributed by atoms with Gasteiger partial charge in [-0.25, -0.2) is 0 Å². The van der Waals surface area contributed by atoms with Crippen molar-refractivity contribution in [2.75, 3.05) is 0 Å². The number of rotatable bonds is 3. The lowest BCUT2D eigenvalue weighted by Gasteiger charge is -2.10. The molecule has 1 aliphatic rings. The van der Waals surface area contributed by atoms with Crippen molar-refractivity contribution in [1.29, 1.82) is 0 Å². The number of benzene rings is 1. The van der Waals surface area contributed by atoms with Crippen molar-refractivity contribution in [3.8, 4) is 0 Å². The van der Waals surface area contributed by atoms with Gasteiger partial charge in [0.1, 0.15) is 6.04 Å². The van der Waals surface area contributed by atoms with Crippen molar-refractivity contribution < 1.29 is 9.59 Å². The Labute approximate surface area is 108 Å². The topological polar surface area (TPSA) is 58.2 Å². The molecule has 90 valence electrons. The predicted molar refractivity (Wildman–Crippen MR) is 67.2 cm³/mol. The van der Waals surface area contributed by atoms with Gasteiger partial charge in [-0.1, -0.05) is 28.1 Å². The maximum Gasteiger partial charge on any atom is 0.242 e. The zero-order valence-electron chi connectivity index (χ0n) is 9.20. The largest absolute Gasteiger partial charge is 0.350 e. The Balaban J connectivity index is 1.84. The monoisotopic (exact) mass is 296 g/mol. The van der Waals surface area contributed by atoms with E-state index < -0.39 is 0 Å². The fourth-order valence-corrected chi connectivity index (χ4v) is 1.99. The van der Waals surface area contributed by atoms with Crippen LogP contribution in [0.1, 0.15) is 18.4 Å². The number of hydrogen-bond donors (Lipinski definition) is 2. The zero-order chi connectivity index (χ0) is 12.3. The molecule has 1 heterocycles. The van der Waals surface area contributed by atoms with Crippen LogP contribution in [0.15, 0.2) is 28.7 Å². The third kappa shape index (κ3) is 3.30. The molecule has 2 amide bonds. The normalized spacial score (nSPS) is 18.9. The van der Waals surface area contributed by atoms with E-state index in [1.54, 1.807) is 0 Å². The summed E-state index contributed by atoms with van der Waals surface area (Å²) in [6.45, 7) is 0.485. The average molecular weight is 297 g/mol. The molecule has 1 fully saturated rings. The second-order valence-corrected chi connectivity index (χ2v) is 4.92. The number of carbonyl (C=O) groups is 2. The molecule has 0 saturated carbocycles. The van der Waals surface area contributed by atoms with E-state index in [1.165, 1.54) is 0 Å². The summed E-state index contributed by atoms with van der Waals surface area (Å²) in [5.41, 5.74) is 1.03. The van der Waals surface area contributed by atoms with Gasteiger partial charge < -0.3 is 10.6 Å². The van der Waals surface area contributed by atoms with Crippen LogP contribution in [0.3, 0.4) is 0 Å². The predicted octanol–water partition coefficient (Wildman–Crippen LogP) is 1.34. The first-order valence-corrected chi connectivity index (χ1v) is 6.26. The Morgan fingerprint density at radius 3 is 2.71 bits per heavy atom. The SMILES string of the molecule is O=C1CCC(C(=O)NCc2ccc(Br)cc2)N1. The molecule has 1 aliphatic heterocycles. The minimum Gasteiger partial charge on any atom is -0.350 e. The summed E-state index contributed by atoms with van der Waals surface area (Å²) in [6, 6.07) is 7.38. The Hall–Kier alpha value is -1.36. The summed E-state index contributed by atoms with van der Waals surface area (Å²) < 4.78 is 1.01. The number of halogens is 1. The van der Waals surface area contributed by atoms with Crippen molar-refractivity contribution in [2.45, 2.75) is 25.4 Å². The van der Waals surface area contributed by atoms with Gasteiger partial charge in [0.05, 0.1) is 0 Å². The van der Waals surface area contributed by atoms with Crippen LogP contribution in [0.5, 0.6) is 0 Å². The molecule has 0 aromatic heterocycles. The maximum atomic E-state index is 11.7. The Kier molecular flexibility index (Phi) is 3.78. The molecule has 0 aliphatic carbocycles. The molecule has 0 radical (unpaired) electrons. The maximum absolute atomic E-state index is 11.7. The molecule has 1 aromatic carbocycles. The van der Waals surface area contributed by atoms with Crippen molar-refractivity contribution >= 4 is 27.7 Å². The van der Waals surface area contributed by atoms with Crippen LogP contribution >= 0.6 is 15.9 Å². The molecule has 2 N–H and O–H groups in total. The van der Waals surface area contributed by atoms with Gasteiger partial charge in [0.15, 0.2) is 0 Å². The van der Waals surface area contributed by atoms with Gasteiger partial charge >= 0.3 is 0 Å². The molecule has 1 saturated heterocycles. The van der Waals surface area contributed by atoms with Crippen molar-refractivity contribution in [1.82, 2.24) is 10.6 Å². The second-order valence-electron chi connectivity index (χ2n) is 4.00. The van der Waals surface area contributed by atoms with E-state index >= 15 is 0 Å². The summed E-state index contributed by atoms with van der Waals surface area (Å²) in [4.78, 5) is 22.7. The summed E-state index contributed by atoms with van der Waals surface area (Å²) in [7, 11) is 0. The van der Waals surface area contributed by atoms with Gasteiger partial charge in [-0.3, -0.25) is 9.59 Å². The van der Waals surface area contributed by atoms with Gasteiger partial charge in [0.25, 0.3) is 0 Å². The van der Waals surface area contributed by atoms with Crippen LogP contribution in [-0.4, -0.2) is 17.9 Å². The zero-order valence-corrected chi connectivity index (χ0v) is 10.8.